The van der Waals surface area contributed by atoms with Crippen molar-refractivity contribution in [2.24, 2.45) is 11.1 Å². The van der Waals surface area contributed by atoms with Crippen molar-refractivity contribution >= 4 is 0 Å². The van der Waals surface area contributed by atoms with Gasteiger partial charge in [0, 0.05) is 12.1 Å². The fourth-order valence-electron chi connectivity index (χ4n) is 2.82. The van der Waals surface area contributed by atoms with Gasteiger partial charge in [0.05, 0.1) is 6.61 Å². The molecule has 3 nitrogen and oxygen atoms in total. The zero-order valence-electron chi connectivity index (χ0n) is 11.8. The molecule has 3 N–H and O–H groups in total. The maximum atomic E-state index is 9.58. The van der Waals surface area contributed by atoms with Crippen LogP contribution in [0.3, 0.4) is 0 Å². The second-order valence-electron chi connectivity index (χ2n) is 6.26. The van der Waals surface area contributed by atoms with E-state index in [9.17, 15) is 5.11 Å². The fraction of sp³-hybridized carbons (Fsp3) is 1.00. The van der Waals surface area contributed by atoms with Crippen LogP contribution in [0.1, 0.15) is 52.9 Å². The number of likely N-dealkylation sites (tertiary alicyclic amines) is 1. The average Bonchev–Trinajstić information content (AvgIpc) is 2.42. The molecule has 17 heavy (non-hydrogen) atoms. The molecule has 3 heteroatoms. The van der Waals surface area contributed by atoms with Crippen molar-refractivity contribution < 1.29 is 5.11 Å². The molecule has 0 aromatic heterocycles. The van der Waals surface area contributed by atoms with Crippen LogP contribution >= 0.6 is 0 Å². The average molecular weight is 242 g/mol. The highest BCUT2D eigenvalue weighted by molar-refractivity contribution is 4.85. The fourth-order valence-corrected chi connectivity index (χ4v) is 2.82. The molecule has 0 amide bonds. The lowest BCUT2D eigenvalue weighted by Crippen LogP contribution is -2.50. The van der Waals surface area contributed by atoms with E-state index in [0.717, 1.165) is 25.9 Å². The van der Waals surface area contributed by atoms with E-state index in [4.69, 9.17) is 5.73 Å². The first-order valence-electron chi connectivity index (χ1n) is 7.10. The largest absolute Gasteiger partial charge is 0.395 e. The van der Waals surface area contributed by atoms with Gasteiger partial charge in [-0.05, 0) is 44.2 Å². The Kier molecular flexibility index (Phi) is 5.90. The van der Waals surface area contributed by atoms with Gasteiger partial charge in [-0.2, -0.15) is 0 Å². The molecule has 1 saturated heterocycles. The second-order valence-corrected chi connectivity index (χ2v) is 6.26. The lowest BCUT2D eigenvalue weighted by atomic mass is 9.85. The van der Waals surface area contributed by atoms with Crippen LogP contribution in [0, 0.1) is 5.41 Å². The van der Waals surface area contributed by atoms with Crippen molar-refractivity contribution in [1.29, 1.82) is 0 Å². The maximum Gasteiger partial charge on any atom is 0.0601 e. The summed E-state index contributed by atoms with van der Waals surface area (Å²) in [6.07, 6.45) is 5.82. The number of aliphatic hydroxyl groups is 1. The van der Waals surface area contributed by atoms with Crippen LogP contribution < -0.4 is 5.73 Å². The molecule has 1 fully saturated rings. The number of nitrogens with two attached hydrogens (primary N) is 1. The third kappa shape index (κ3) is 4.57. The van der Waals surface area contributed by atoms with Gasteiger partial charge in [-0.1, -0.05) is 27.2 Å². The highest BCUT2D eigenvalue weighted by atomic mass is 16.3. The summed E-state index contributed by atoms with van der Waals surface area (Å²) in [7, 11) is 0. The Morgan fingerprint density at radius 3 is 2.59 bits per heavy atom. The molecule has 1 aliphatic rings. The van der Waals surface area contributed by atoms with Crippen LogP contribution in [0.2, 0.25) is 0 Å². The first-order valence-corrected chi connectivity index (χ1v) is 7.10. The number of aliphatic hydroxyl groups excluding tert-OH is 1. The minimum absolute atomic E-state index is 0.117. The van der Waals surface area contributed by atoms with E-state index < -0.39 is 0 Å². The van der Waals surface area contributed by atoms with Crippen LogP contribution in [-0.4, -0.2) is 41.8 Å². The second kappa shape index (κ2) is 6.72. The van der Waals surface area contributed by atoms with Gasteiger partial charge >= 0.3 is 0 Å². The Morgan fingerprint density at radius 2 is 2.00 bits per heavy atom. The molecule has 2 atom stereocenters. The minimum Gasteiger partial charge on any atom is -0.395 e. The van der Waals surface area contributed by atoms with Gasteiger partial charge in [0.15, 0.2) is 0 Å². The topological polar surface area (TPSA) is 49.5 Å². The number of hydrogen-bond donors (Lipinski definition) is 2. The molecule has 0 aromatic rings. The maximum absolute atomic E-state index is 9.58. The molecule has 1 rings (SSSR count). The monoisotopic (exact) mass is 242 g/mol. The summed E-state index contributed by atoms with van der Waals surface area (Å²) in [5, 5.41) is 9.58. The van der Waals surface area contributed by atoms with Gasteiger partial charge in [-0.15, -0.1) is 0 Å². The van der Waals surface area contributed by atoms with Gasteiger partial charge in [0.2, 0.25) is 0 Å². The lowest BCUT2D eigenvalue weighted by molar-refractivity contribution is 0.101. The first-order chi connectivity index (χ1) is 8.00. The van der Waals surface area contributed by atoms with E-state index in [-0.39, 0.29) is 18.7 Å². The smallest absolute Gasteiger partial charge is 0.0601 e. The van der Waals surface area contributed by atoms with E-state index >= 15 is 0 Å². The molecule has 1 aliphatic heterocycles. The highest BCUT2D eigenvalue weighted by Gasteiger charge is 2.29. The Hall–Kier alpha value is -0.120. The van der Waals surface area contributed by atoms with Crippen LogP contribution in [-0.2, 0) is 0 Å². The minimum atomic E-state index is 0.117. The molecule has 102 valence electrons. The molecular formula is C14H30N2O. The van der Waals surface area contributed by atoms with E-state index in [0.29, 0.717) is 5.41 Å². The van der Waals surface area contributed by atoms with Crippen LogP contribution in [0.25, 0.3) is 0 Å². The van der Waals surface area contributed by atoms with Crippen molar-refractivity contribution in [2.75, 3.05) is 19.7 Å². The molecule has 1 heterocycles. The number of hydrogen-bond acceptors (Lipinski definition) is 3. The molecule has 0 spiro atoms. The summed E-state index contributed by atoms with van der Waals surface area (Å²) < 4.78 is 0. The van der Waals surface area contributed by atoms with Gasteiger partial charge in [0.25, 0.3) is 0 Å². The molecule has 0 bridgehead atoms. The van der Waals surface area contributed by atoms with Crippen molar-refractivity contribution in [3.05, 3.63) is 0 Å². The van der Waals surface area contributed by atoms with Gasteiger partial charge in [-0.3, -0.25) is 4.90 Å². The quantitative estimate of drug-likeness (QED) is 0.775. The van der Waals surface area contributed by atoms with Crippen LogP contribution in [0.15, 0.2) is 0 Å². The zero-order valence-corrected chi connectivity index (χ0v) is 11.8. The Balaban J connectivity index is 2.57. The molecule has 2 unspecified atom stereocenters. The van der Waals surface area contributed by atoms with Crippen molar-refractivity contribution in [3.8, 4) is 0 Å². The first kappa shape index (κ1) is 14.9. The number of nitrogens with zero attached hydrogens (tertiary/aromatic N) is 1. The summed E-state index contributed by atoms with van der Waals surface area (Å²) in [6.45, 7) is 9.20. The van der Waals surface area contributed by atoms with E-state index in [1.165, 1.54) is 19.3 Å². The predicted octanol–water partition coefficient (Wildman–Crippen LogP) is 1.99. The van der Waals surface area contributed by atoms with Crippen molar-refractivity contribution in [3.63, 3.8) is 0 Å². The Morgan fingerprint density at radius 1 is 1.29 bits per heavy atom. The van der Waals surface area contributed by atoms with Crippen LogP contribution in [0.5, 0.6) is 0 Å². The third-order valence-corrected chi connectivity index (χ3v) is 4.15. The third-order valence-electron chi connectivity index (χ3n) is 4.15. The van der Waals surface area contributed by atoms with Gasteiger partial charge in [0.1, 0.15) is 0 Å². The molecular weight excluding hydrogens is 212 g/mol. The lowest BCUT2D eigenvalue weighted by Gasteiger charge is -2.34. The standard InChI is InChI=1S/C14H30N2O/c1-4-6-12(15)13(11-17)16-9-5-7-14(2,3)8-10-16/h12-13,17H,4-11,15H2,1-3H3. The molecule has 0 radical (unpaired) electrons. The normalized spacial score (nSPS) is 25.2. The molecule has 0 aromatic carbocycles. The summed E-state index contributed by atoms with van der Waals surface area (Å²) in [4.78, 5) is 2.41. The van der Waals surface area contributed by atoms with E-state index in [2.05, 4.69) is 25.7 Å². The SMILES string of the molecule is CCCC(N)C(CO)N1CCCC(C)(C)CC1. The van der Waals surface area contributed by atoms with E-state index in [1.54, 1.807) is 0 Å². The van der Waals surface area contributed by atoms with Crippen molar-refractivity contribution in [1.82, 2.24) is 4.90 Å². The Labute approximate surface area is 106 Å². The number of rotatable bonds is 5. The summed E-state index contributed by atoms with van der Waals surface area (Å²) in [5.74, 6) is 0. The predicted molar refractivity (Wildman–Crippen MR) is 73.0 cm³/mol. The van der Waals surface area contributed by atoms with Crippen LogP contribution in [0.4, 0.5) is 0 Å². The summed E-state index contributed by atoms with van der Waals surface area (Å²) in [6, 6.07) is 0.273. The van der Waals surface area contributed by atoms with Gasteiger partial charge < -0.3 is 10.8 Å². The Bertz CT molecular complexity index is 218. The summed E-state index contributed by atoms with van der Waals surface area (Å²) >= 11 is 0. The molecule has 0 saturated carbocycles. The van der Waals surface area contributed by atoms with E-state index in [1.807, 2.05) is 0 Å². The summed E-state index contributed by atoms with van der Waals surface area (Å²) in [5.41, 5.74) is 6.63. The molecule has 0 aliphatic carbocycles. The highest BCUT2D eigenvalue weighted by Crippen LogP contribution is 2.30. The van der Waals surface area contributed by atoms with Crippen molar-refractivity contribution in [2.45, 2.75) is 65.0 Å². The van der Waals surface area contributed by atoms with Gasteiger partial charge in [-0.25, -0.2) is 0 Å². The zero-order chi connectivity index (χ0) is 12.9.